The topological polar surface area (TPSA) is 85.6 Å². The van der Waals surface area contributed by atoms with Crippen LogP contribution in [0.15, 0.2) is 0 Å². The van der Waals surface area contributed by atoms with E-state index in [1.165, 1.54) is 12.4 Å². The van der Waals surface area contributed by atoms with Crippen LogP contribution in [-0.2, 0) is 0 Å². The molecule has 3 N–H and O–H groups in total. The van der Waals surface area contributed by atoms with E-state index < -0.39 is 0 Å². The molecule has 0 unspecified atom stereocenters. The second kappa shape index (κ2) is 5.83. The van der Waals surface area contributed by atoms with Gasteiger partial charge in [0.1, 0.15) is 0 Å². The third-order valence-corrected chi connectivity index (χ3v) is 0.112. The van der Waals surface area contributed by atoms with Crippen molar-refractivity contribution in [3.63, 3.8) is 0 Å². The summed E-state index contributed by atoms with van der Waals surface area (Å²) < 4.78 is 0.500. The Balaban J connectivity index is 0. The Kier molecular flexibility index (Phi) is 6.70. The Morgan fingerprint density at radius 3 is 1.40 bits per heavy atom. The molecule has 0 radical (unpaired) electrons. The van der Waals surface area contributed by atoms with Crippen LogP contribution in [0, 0.1) is 22.9 Å². The second-order valence-electron chi connectivity index (χ2n) is 2.46. The van der Waals surface area contributed by atoms with Crippen molar-refractivity contribution in [2.45, 2.75) is 0 Å². The minimum atomic E-state index is 0.500. The van der Waals surface area contributed by atoms with E-state index in [-0.39, 0.29) is 0 Å². The highest BCUT2D eigenvalue weighted by Gasteiger charge is 1.89. The van der Waals surface area contributed by atoms with Crippen molar-refractivity contribution in [1.82, 2.24) is 5.32 Å². The molecule has 0 aliphatic carbocycles. The van der Waals surface area contributed by atoms with Crippen LogP contribution in [0.1, 0.15) is 0 Å². The lowest BCUT2D eigenvalue weighted by Gasteiger charge is -2.12. The van der Waals surface area contributed by atoms with Gasteiger partial charge in [-0.25, -0.2) is 5.32 Å². The second-order valence-corrected chi connectivity index (χ2v) is 2.46. The Hall–Kier alpha value is -1.30. The zero-order valence-electron chi connectivity index (χ0n) is 6.42. The molecule has 0 aliphatic heterocycles. The fraction of sp³-hybridized carbons (Fsp3) is 0.600. The van der Waals surface area contributed by atoms with E-state index in [0.717, 1.165) is 0 Å². The summed E-state index contributed by atoms with van der Waals surface area (Å²) in [6, 6.07) is 0. The third-order valence-electron chi connectivity index (χ3n) is 0.112. The van der Waals surface area contributed by atoms with Gasteiger partial charge in [-0.3, -0.25) is 4.59 Å². The Labute approximate surface area is 60.8 Å². The predicted octanol–water partition coefficient (Wildman–Crippen LogP) is -0.896. The summed E-state index contributed by atoms with van der Waals surface area (Å²) in [6.45, 7) is 0. The first-order chi connectivity index (χ1) is 4.41. The maximum absolute atomic E-state index is 7.48. The smallest absolute Gasteiger partial charge is 0.190 e. The molecule has 0 spiro atoms. The SMILES string of the molecule is C[N+](C)(C)N.N#CNC#N. The van der Waals surface area contributed by atoms with E-state index in [9.17, 15) is 0 Å². The first kappa shape index (κ1) is 11.5. The highest BCUT2D eigenvalue weighted by Crippen LogP contribution is 1.65. The Bertz CT molecular complexity index is 125. The number of nitrogens with two attached hydrogens (primary N) is 1. The molecule has 0 saturated carbocycles. The lowest BCUT2D eigenvalue weighted by atomic mass is 10.9. The molecular formula is C5H12N5+. The van der Waals surface area contributed by atoms with Gasteiger partial charge in [0, 0.05) is 0 Å². The van der Waals surface area contributed by atoms with Gasteiger partial charge in [0.15, 0.2) is 12.4 Å². The van der Waals surface area contributed by atoms with Gasteiger partial charge in [0.05, 0.1) is 21.1 Å². The van der Waals surface area contributed by atoms with Gasteiger partial charge in [-0.1, -0.05) is 0 Å². The molecule has 0 bridgehead atoms. The summed E-state index contributed by atoms with van der Waals surface area (Å²) in [4.78, 5) is 0. The van der Waals surface area contributed by atoms with Crippen LogP contribution in [0.5, 0.6) is 0 Å². The zero-order chi connectivity index (χ0) is 8.62. The molecule has 0 fully saturated rings. The van der Waals surface area contributed by atoms with Gasteiger partial charge in [-0.15, -0.1) is 0 Å². The molecule has 10 heavy (non-hydrogen) atoms. The average molecular weight is 142 g/mol. The van der Waals surface area contributed by atoms with Gasteiger partial charge in [0.2, 0.25) is 0 Å². The highest BCUT2D eigenvalue weighted by atomic mass is 15.5. The Morgan fingerprint density at radius 2 is 1.40 bits per heavy atom. The molecule has 0 amide bonds. The van der Waals surface area contributed by atoms with Crippen LogP contribution in [0.3, 0.4) is 0 Å². The zero-order valence-corrected chi connectivity index (χ0v) is 6.42. The van der Waals surface area contributed by atoms with Crippen molar-refractivity contribution in [1.29, 1.82) is 10.5 Å². The number of nitrogens with zero attached hydrogens (tertiary/aromatic N) is 3. The number of nitrogens with one attached hydrogen (secondary N) is 1. The summed E-state index contributed by atoms with van der Waals surface area (Å²) in [5, 5.41) is 16.7. The molecule has 0 aromatic heterocycles. The van der Waals surface area contributed by atoms with E-state index in [0.29, 0.717) is 4.59 Å². The maximum atomic E-state index is 7.48. The minimum Gasteiger partial charge on any atom is -0.255 e. The fourth-order valence-corrected chi connectivity index (χ4v) is 0.0250. The summed E-state index contributed by atoms with van der Waals surface area (Å²) in [7, 11) is 5.71. The van der Waals surface area contributed by atoms with Crippen LogP contribution >= 0.6 is 0 Å². The first-order valence-electron chi connectivity index (χ1n) is 2.55. The van der Waals surface area contributed by atoms with Crippen LogP contribution < -0.4 is 11.2 Å². The minimum absolute atomic E-state index is 0.500. The normalized spacial score (nSPS) is 7.80. The number of hydrogen-bond acceptors (Lipinski definition) is 4. The van der Waals surface area contributed by atoms with Gasteiger partial charge < -0.3 is 0 Å². The molecule has 0 heterocycles. The van der Waals surface area contributed by atoms with Crippen LogP contribution in [0.4, 0.5) is 0 Å². The molecular weight excluding hydrogens is 130 g/mol. The maximum Gasteiger partial charge on any atom is 0.190 e. The summed E-state index contributed by atoms with van der Waals surface area (Å²) >= 11 is 0. The van der Waals surface area contributed by atoms with E-state index in [4.69, 9.17) is 16.4 Å². The van der Waals surface area contributed by atoms with Gasteiger partial charge in [0.25, 0.3) is 0 Å². The van der Waals surface area contributed by atoms with E-state index in [1.807, 2.05) is 21.1 Å². The number of rotatable bonds is 0. The number of hydrogen-bond donors (Lipinski definition) is 2. The molecule has 0 aromatic carbocycles. The standard InChI is InChI=1S/C3H11N2.C2HN3/c1-5(2,3)4;3-1-5-2-4/h4H2,1-3H3;5H/q+1;. The Morgan fingerprint density at radius 1 is 1.20 bits per heavy atom. The van der Waals surface area contributed by atoms with Crippen molar-refractivity contribution in [2.75, 3.05) is 21.1 Å². The van der Waals surface area contributed by atoms with Crippen LogP contribution in [-0.4, -0.2) is 25.7 Å². The van der Waals surface area contributed by atoms with Crippen molar-refractivity contribution in [2.24, 2.45) is 5.84 Å². The van der Waals surface area contributed by atoms with Crippen molar-refractivity contribution in [3.05, 3.63) is 0 Å². The fourth-order valence-electron chi connectivity index (χ4n) is 0.0250. The lowest BCUT2D eigenvalue weighted by Crippen LogP contribution is -2.41. The molecule has 5 heteroatoms. The van der Waals surface area contributed by atoms with Crippen molar-refractivity contribution in [3.8, 4) is 12.4 Å². The highest BCUT2D eigenvalue weighted by molar-refractivity contribution is 4.77. The monoisotopic (exact) mass is 142 g/mol. The van der Waals surface area contributed by atoms with Crippen molar-refractivity contribution >= 4 is 0 Å². The van der Waals surface area contributed by atoms with E-state index >= 15 is 0 Å². The molecule has 0 aromatic rings. The molecule has 0 rings (SSSR count). The van der Waals surface area contributed by atoms with Crippen LogP contribution in [0.25, 0.3) is 0 Å². The summed E-state index contributed by atoms with van der Waals surface area (Å²) in [6.07, 6.45) is 2.81. The quantitative estimate of drug-likeness (QED) is 0.151. The summed E-state index contributed by atoms with van der Waals surface area (Å²) in [5.41, 5.74) is 0. The molecule has 0 aliphatic rings. The van der Waals surface area contributed by atoms with Crippen LogP contribution in [0.2, 0.25) is 0 Å². The lowest BCUT2D eigenvalue weighted by molar-refractivity contribution is -0.882. The van der Waals surface area contributed by atoms with Gasteiger partial charge in [-0.05, 0) is 0 Å². The average Bonchev–Trinajstić information content (AvgIpc) is 1.63. The number of quaternary nitrogens is 1. The third kappa shape index (κ3) is 444. The van der Waals surface area contributed by atoms with Gasteiger partial charge >= 0.3 is 0 Å². The van der Waals surface area contributed by atoms with E-state index in [1.54, 1.807) is 5.32 Å². The largest absolute Gasteiger partial charge is 0.255 e. The molecule has 5 nitrogen and oxygen atoms in total. The summed E-state index contributed by atoms with van der Waals surface area (Å²) in [5.74, 6) is 5.29. The molecule has 0 saturated heterocycles. The molecule has 0 atom stereocenters. The van der Waals surface area contributed by atoms with Gasteiger partial charge in [-0.2, -0.15) is 16.4 Å². The predicted molar refractivity (Wildman–Crippen MR) is 36.6 cm³/mol. The van der Waals surface area contributed by atoms with E-state index in [2.05, 4.69) is 0 Å². The molecule has 56 valence electrons. The first-order valence-corrected chi connectivity index (χ1v) is 2.55. The number of nitriles is 2. The van der Waals surface area contributed by atoms with Crippen molar-refractivity contribution < 1.29 is 4.59 Å².